The van der Waals surface area contributed by atoms with Crippen molar-refractivity contribution >= 4 is 22.6 Å². The van der Waals surface area contributed by atoms with Crippen LogP contribution in [0.5, 0.6) is 0 Å². The molecule has 132 valence electrons. The highest BCUT2D eigenvalue weighted by molar-refractivity contribution is 6.04. The maximum atomic E-state index is 13.0. The van der Waals surface area contributed by atoms with Crippen molar-refractivity contribution in [3.8, 4) is 0 Å². The zero-order valence-electron chi connectivity index (χ0n) is 15.1. The number of rotatable bonds is 2. The van der Waals surface area contributed by atoms with E-state index < -0.39 is 0 Å². The number of nitrogens with zero attached hydrogens (tertiary/aromatic N) is 4. The lowest BCUT2D eigenvalue weighted by atomic mass is 10.1. The first-order chi connectivity index (χ1) is 12.6. The number of carbonyl (C=O) groups is 1. The summed E-state index contributed by atoms with van der Waals surface area (Å²) in [4.78, 5) is 26.0. The van der Waals surface area contributed by atoms with Crippen LogP contribution in [0.2, 0.25) is 0 Å². The van der Waals surface area contributed by atoms with E-state index >= 15 is 0 Å². The maximum absolute atomic E-state index is 13.0. The lowest BCUT2D eigenvalue weighted by Crippen LogP contribution is -2.49. The summed E-state index contributed by atoms with van der Waals surface area (Å²) in [5, 5.41) is 0. The van der Waals surface area contributed by atoms with Crippen molar-refractivity contribution < 1.29 is 4.79 Å². The molecule has 0 aliphatic carbocycles. The van der Waals surface area contributed by atoms with E-state index in [0.717, 1.165) is 18.6 Å². The molecule has 1 saturated heterocycles. The van der Waals surface area contributed by atoms with E-state index in [1.54, 1.807) is 12.4 Å². The van der Waals surface area contributed by atoms with Crippen molar-refractivity contribution in [3.63, 3.8) is 0 Å². The van der Waals surface area contributed by atoms with E-state index in [9.17, 15) is 4.79 Å². The van der Waals surface area contributed by atoms with Gasteiger partial charge in [0.15, 0.2) is 0 Å². The molecule has 0 bridgehead atoms. The van der Waals surface area contributed by atoms with Gasteiger partial charge in [-0.15, -0.1) is 0 Å². The van der Waals surface area contributed by atoms with Gasteiger partial charge in [0, 0.05) is 44.3 Å². The van der Waals surface area contributed by atoms with Crippen LogP contribution in [0, 0.1) is 13.8 Å². The Bertz CT molecular complexity index is 956. The molecular formula is C21H22N4O. The second-order valence-corrected chi connectivity index (χ2v) is 6.73. The Kier molecular flexibility index (Phi) is 4.29. The number of aryl methyl sites for hydroxylation is 1. The van der Waals surface area contributed by atoms with Gasteiger partial charge < -0.3 is 9.80 Å². The zero-order chi connectivity index (χ0) is 18.1. The number of piperazine rings is 1. The third-order valence-electron chi connectivity index (χ3n) is 5.21. The first-order valence-electron chi connectivity index (χ1n) is 8.95. The molecule has 1 aliphatic heterocycles. The van der Waals surface area contributed by atoms with E-state index in [1.807, 2.05) is 23.1 Å². The number of hydrogen-bond acceptors (Lipinski definition) is 4. The van der Waals surface area contributed by atoms with Crippen molar-refractivity contribution in [2.45, 2.75) is 13.8 Å². The van der Waals surface area contributed by atoms with E-state index in [2.05, 4.69) is 46.9 Å². The van der Waals surface area contributed by atoms with Gasteiger partial charge in [-0.1, -0.05) is 18.2 Å². The number of benzene rings is 2. The van der Waals surface area contributed by atoms with Gasteiger partial charge in [0.25, 0.3) is 5.91 Å². The largest absolute Gasteiger partial charge is 0.368 e. The minimum atomic E-state index is 0.0386. The molecule has 26 heavy (non-hydrogen) atoms. The van der Waals surface area contributed by atoms with Gasteiger partial charge in [0.2, 0.25) is 0 Å². The van der Waals surface area contributed by atoms with Crippen molar-refractivity contribution in [2.75, 3.05) is 31.1 Å². The predicted octanol–water partition coefficient (Wildman–Crippen LogP) is 3.21. The SMILES string of the molecule is Cc1cccc(N2CCN(C(=O)c3cccc4nccnc34)CC2)c1C. The summed E-state index contributed by atoms with van der Waals surface area (Å²) >= 11 is 0. The van der Waals surface area contributed by atoms with Gasteiger partial charge in [-0.3, -0.25) is 14.8 Å². The van der Waals surface area contributed by atoms with Crippen LogP contribution in [0.25, 0.3) is 11.0 Å². The summed E-state index contributed by atoms with van der Waals surface area (Å²) < 4.78 is 0. The Hall–Kier alpha value is -2.95. The minimum Gasteiger partial charge on any atom is -0.368 e. The molecular weight excluding hydrogens is 324 g/mol. The molecule has 0 atom stereocenters. The van der Waals surface area contributed by atoms with Crippen LogP contribution < -0.4 is 4.90 Å². The monoisotopic (exact) mass is 346 g/mol. The second-order valence-electron chi connectivity index (χ2n) is 6.73. The number of amides is 1. The first-order valence-corrected chi connectivity index (χ1v) is 8.95. The van der Waals surface area contributed by atoms with Gasteiger partial charge >= 0.3 is 0 Å². The summed E-state index contributed by atoms with van der Waals surface area (Å²) in [6, 6.07) is 12.0. The van der Waals surface area contributed by atoms with Crippen LogP contribution in [-0.4, -0.2) is 47.0 Å². The Morgan fingerprint density at radius 3 is 2.46 bits per heavy atom. The van der Waals surface area contributed by atoms with E-state index in [1.165, 1.54) is 16.8 Å². The molecule has 5 heteroatoms. The number of hydrogen-bond donors (Lipinski definition) is 0. The van der Waals surface area contributed by atoms with Gasteiger partial charge in [-0.2, -0.15) is 0 Å². The highest BCUT2D eigenvalue weighted by Crippen LogP contribution is 2.24. The molecule has 1 aliphatic rings. The van der Waals surface area contributed by atoms with Crippen molar-refractivity contribution in [1.29, 1.82) is 0 Å². The molecule has 1 aromatic heterocycles. The lowest BCUT2D eigenvalue weighted by Gasteiger charge is -2.37. The number of fused-ring (bicyclic) bond motifs is 1. The normalized spacial score (nSPS) is 14.7. The number of carbonyl (C=O) groups excluding carboxylic acids is 1. The molecule has 5 nitrogen and oxygen atoms in total. The van der Waals surface area contributed by atoms with Crippen LogP contribution in [-0.2, 0) is 0 Å². The van der Waals surface area contributed by atoms with Crippen molar-refractivity contribution in [1.82, 2.24) is 14.9 Å². The van der Waals surface area contributed by atoms with E-state index in [0.29, 0.717) is 24.2 Å². The van der Waals surface area contributed by atoms with Crippen LogP contribution in [0.15, 0.2) is 48.8 Å². The molecule has 0 radical (unpaired) electrons. The Balaban J connectivity index is 1.53. The quantitative estimate of drug-likeness (QED) is 0.715. The van der Waals surface area contributed by atoms with Crippen LogP contribution in [0.3, 0.4) is 0 Å². The molecule has 2 aromatic carbocycles. The molecule has 0 saturated carbocycles. The van der Waals surface area contributed by atoms with Gasteiger partial charge in [0.1, 0.15) is 5.52 Å². The third kappa shape index (κ3) is 2.90. The van der Waals surface area contributed by atoms with Crippen LogP contribution in [0.4, 0.5) is 5.69 Å². The van der Waals surface area contributed by atoms with E-state index in [4.69, 9.17) is 0 Å². The molecule has 1 amide bonds. The zero-order valence-corrected chi connectivity index (χ0v) is 15.1. The summed E-state index contributed by atoms with van der Waals surface area (Å²) in [5.41, 5.74) is 5.96. The fourth-order valence-corrected chi connectivity index (χ4v) is 3.56. The molecule has 3 aromatic rings. The summed E-state index contributed by atoms with van der Waals surface area (Å²) in [7, 11) is 0. The fraction of sp³-hybridized carbons (Fsp3) is 0.286. The highest BCUT2D eigenvalue weighted by Gasteiger charge is 2.24. The topological polar surface area (TPSA) is 49.3 Å². The maximum Gasteiger partial charge on any atom is 0.256 e. The first kappa shape index (κ1) is 16.5. The standard InChI is InChI=1S/C21H22N4O/c1-15-5-3-8-19(16(15)2)24-11-13-25(14-12-24)21(26)17-6-4-7-18-20(17)23-10-9-22-18/h3-10H,11-14H2,1-2H3. The Labute approximate surface area is 153 Å². The third-order valence-corrected chi connectivity index (χ3v) is 5.21. The molecule has 4 rings (SSSR count). The molecule has 0 spiro atoms. The predicted molar refractivity (Wildman–Crippen MR) is 104 cm³/mol. The lowest BCUT2D eigenvalue weighted by molar-refractivity contribution is 0.0748. The van der Waals surface area contributed by atoms with Crippen molar-refractivity contribution in [2.24, 2.45) is 0 Å². The number of para-hydroxylation sites is 1. The number of aromatic nitrogens is 2. The molecule has 0 unspecified atom stereocenters. The van der Waals surface area contributed by atoms with Gasteiger partial charge in [-0.25, -0.2) is 0 Å². The smallest absolute Gasteiger partial charge is 0.256 e. The molecule has 0 N–H and O–H groups in total. The summed E-state index contributed by atoms with van der Waals surface area (Å²) in [6.45, 7) is 7.40. The molecule has 2 heterocycles. The highest BCUT2D eigenvalue weighted by atomic mass is 16.2. The van der Waals surface area contributed by atoms with E-state index in [-0.39, 0.29) is 5.91 Å². The van der Waals surface area contributed by atoms with Crippen LogP contribution >= 0.6 is 0 Å². The minimum absolute atomic E-state index is 0.0386. The summed E-state index contributed by atoms with van der Waals surface area (Å²) in [6.07, 6.45) is 3.29. The Morgan fingerprint density at radius 1 is 0.923 bits per heavy atom. The average Bonchev–Trinajstić information content (AvgIpc) is 2.69. The fourth-order valence-electron chi connectivity index (χ4n) is 3.56. The molecule has 1 fully saturated rings. The van der Waals surface area contributed by atoms with Gasteiger partial charge in [0.05, 0.1) is 11.1 Å². The van der Waals surface area contributed by atoms with Crippen molar-refractivity contribution in [3.05, 3.63) is 65.5 Å². The second kappa shape index (κ2) is 6.75. The number of anilines is 1. The van der Waals surface area contributed by atoms with Gasteiger partial charge in [-0.05, 0) is 43.2 Å². The average molecular weight is 346 g/mol. The van der Waals surface area contributed by atoms with Crippen LogP contribution in [0.1, 0.15) is 21.5 Å². The summed E-state index contributed by atoms with van der Waals surface area (Å²) in [5.74, 6) is 0.0386. The Morgan fingerprint density at radius 2 is 1.65 bits per heavy atom.